The number of aliphatic hydroxyl groups is 1. The van der Waals surface area contributed by atoms with Crippen molar-refractivity contribution in [3.8, 4) is 0 Å². The predicted molar refractivity (Wildman–Crippen MR) is 57.5 cm³/mol. The highest BCUT2D eigenvalue weighted by Gasteiger charge is 2.39. The van der Waals surface area contributed by atoms with Crippen LogP contribution in [0.2, 0.25) is 0 Å². The number of amides is 1. The van der Waals surface area contributed by atoms with E-state index in [0.29, 0.717) is 6.42 Å². The van der Waals surface area contributed by atoms with Crippen molar-refractivity contribution in [3.63, 3.8) is 0 Å². The first-order valence-corrected chi connectivity index (χ1v) is 6.89. The second-order valence-corrected chi connectivity index (χ2v) is 5.98. The SMILES string of the molecule is CSSC1CC(O)N(C(C)C)C1=O. The average Bonchev–Trinajstić information content (AvgIpc) is 2.28. The first-order chi connectivity index (χ1) is 6.07. The minimum atomic E-state index is -0.586. The van der Waals surface area contributed by atoms with Crippen molar-refractivity contribution >= 4 is 27.5 Å². The summed E-state index contributed by atoms with van der Waals surface area (Å²) in [7, 11) is 3.11. The normalized spacial score (nSPS) is 29.0. The Bertz CT molecular complexity index is 199. The number of rotatable bonds is 3. The molecule has 76 valence electrons. The van der Waals surface area contributed by atoms with Crippen molar-refractivity contribution in [2.24, 2.45) is 0 Å². The highest BCUT2D eigenvalue weighted by atomic mass is 33.1. The number of carbonyl (C=O) groups is 1. The van der Waals surface area contributed by atoms with Crippen LogP contribution < -0.4 is 0 Å². The number of nitrogens with zero attached hydrogens (tertiary/aromatic N) is 1. The van der Waals surface area contributed by atoms with Gasteiger partial charge in [-0.3, -0.25) is 4.79 Å². The third-order valence-corrected chi connectivity index (χ3v) is 4.14. The van der Waals surface area contributed by atoms with E-state index < -0.39 is 6.23 Å². The lowest BCUT2D eigenvalue weighted by Gasteiger charge is -2.24. The fourth-order valence-corrected chi connectivity index (χ4v) is 3.38. The Morgan fingerprint density at radius 1 is 1.62 bits per heavy atom. The van der Waals surface area contributed by atoms with Crippen LogP contribution in [0.15, 0.2) is 0 Å². The van der Waals surface area contributed by atoms with Crippen molar-refractivity contribution in [3.05, 3.63) is 0 Å². The van der Waals surface area contributed by atoms with Crippen LogP contribution in [0.3, 0.4) is 0 Å². The predicted octanol–water partition coefficient (Wildman–Crippen LogP) is 1.33. The van der Waals surface area contributed by atoms with Gasteiger partial charge in [-0.15, -0.1) is 0 Å². The summed E-state index contributed by atoms with van der Waals surface area (Å²) in [5, 5.41) is 9.55. The van der Waals surface area contributed by atoms with Gasteiger partial charge in [0.05, 0.1) is 5.25 Å². The molecule has 1 saturated heterocycles. The van der Waals surface area contributed by atoms with Gasteiger partial charge in [-0.25, -0.2) is 0 Å². The summed E-state index contributed by atoms with van der Waals surface area (Å²) >= 11 is 0. The lowest BCUT2D eigenvalue weighted by molar-refractivity contribution is -0.135. The fraction of sp³-hybridized carbons (Fsp3) is 0.875. The van der Waals surface area contributed by atoms with Crippen molar-refractivity contribution in [1.29, 1.82) is 0 Å². The standard InChI is InChI=1S/C8H15NO2S2/c1-5(2)9-7(10)4-6(8(9)11)13-12-3/h5-7,10H,4H2,1-3H3. The molecule has 1 aliphatic rings. The Kier molecular flexibility index (Phi) is 3.94. The van der Waals surface area contributed by atoms with Crippen molar-refractivity contribution in [2.75, 3.05) is 6.26 Å². The summed E-state index contributed by atoms with van der Waals surface area (Å²) in [5.74, 6) is 0.0712. The maximum Gasteiger partial charge on any atom is 0.239 e. The van der Waals surface area contributed by atoms with Gasteiger partial charge < -0.3 is 10.0 Å². The summed E-state index contributed by atoms with van der Waals surface area (Å²) in [6.45, 7) is 3.85. The number of hydrogen-bond acceptors (Lipinski definition) is 4. The smallest absolute Gasteiger partial charge is 0.239 e. The van der Waals surface area contributed by atoms with E-state index in [1.807, 2.05) is 20.1 Å². The highest BCUT2D eigenvalue weighted by molar-refractivity contribution is 8.76. The first kappa shape index (κ1) is 11.2. The summed E-state index contributed by atoms with van der Waals surface area (Å²) in [6.07, 6.45) is 1.92. The maximum absolute atomic E-state index is 11.7. The van der Waals surface area contributed by atoms with Crippen molar-refractivity contribution < 1.29 is 9.90 Å². The lowest BCUT2D eigenvalue weighted by Crippen LogP contribution is -2.39. The summed E-state index contributed by atoms with van der Waals surface area (Å²) in [4.78, 5) is 13.2. The molecule has 2 unspecified atom stereocenters. The number of carbonyl (C=O) groups excluding carboxylic acids is 1. The van der Waals surface area contributed by atoms with Gasteiger partial charge in [0.15, 0.2) is 0 Å². The van der Waals surface area contributed by atoms with Gasteiger partial charge in [0.2, 0.25) is 5.91 Å². The fourth-order valence-electron chi connectivity index (χ4n) is 1.51. The lowest BCUT2D eigenvalue weighted by atomic mass is 10.3. The van der Waals surface area contributed by atoms with Gasteiger partial charge in [0.25, 0.3) is 0 Å². The molecular formula is C8H15NO2S2. The molecule has 0 aromatic heterocycles. The van der Waals surface area contributed by atoms with E-state index in [0.717, 1.165) is 0 Å². The first-order valence-electron chi connectivity index (χ1n) is 4.27. The van der Waals surface area contributed by atoms with Gasteiger partial charge >= 0.3 is 0 Å². The molecule has 3 nitrogen and oxygen atoms in total. The van der Waals surface area contributed by atoms with Crippen molar-refractivity contribution in [1.82, 2.24) is 4.90 Å². The van der Waals surface area contributed by atoms with Gasteiger partial charge in [0, 0.05) is 12.5 Å². The summed E-state index contributed by atoms with van der Waals surface area (Å²) in [5.41, 5.74) is 0. The molecule has 1 aliphatic heterocycles. The van der Waals surface area contributed by atoms with Crippen LogP contribution in [0.4, 0.5) is 0 Å². The van der Waals surface area contributed by atoms with E-state index in [1.54, 1.807) is 15.7 Å². The van der Waals surface area contributed by atoms with Crippen LogP contribution >= 0.6 is 21.6 Å². The largest absolute Gasteiger partial charge is 0.373 e. The highest BCUT2D eigenvalue weighted by Crippen LogP contribution is 2.34. The zero-order valence-electron chi connectivity index (χ0n) is 8.06. The molecule has 5 heteroatoms. The average molecular weight is 221 g/mol. The Balaban J connectivity index is 2.64. The molecule has 0 radical (unpaired) electrons. The molecule has 0 aliphatic carbocycles. The van der Waals surface area contributed by atoms with Gasteiger partial charge in [-0.05, 0) is 20.1 Å². The summed E-state index contributed by atoms with van der Waals surface area (Å²) < 4.78 is 0. The van der Waals surface area contributed by atoms with Crippen LogP contribution in [0, 0.1) is 0 Å². The Morgan fingerprint density at radius 3 is 2.62 bits per heavy atom. The van der Waals surface area contributed by atoms with Crippen LogP contribution in [0.5, 0.6) is 0 Å². The van der Waals surface area contributed by atoms with Gasteiger partial charge in [-0.1, -0.05) is 21.6 Å². The Labute approximate surface area is 86.6 Å². The topological polar surface area (TPSA) is 40.5 Å². The molecule has 13 heavy (non-hydrogen) atoms. The monoisotopic (exact) mass is 221 g/mol. The molecule has 1 rings (SSSR count). The Morgan fingerprint density at radius 2 is 2.23 bits per heavy atom. The van der Waals surface area contributed by atoms with E-state index in [-0.39, 0.29) is 17.2 Å². The third-order valence-electron chi connectivity index (χ3n) is 2.04. The Hall–Kier alpha value is 0.130. The number of aliphatic hydroxyl groups excluding tert-OH is 1. The molecular weight excluding hydrogens is 206 g/mol. The zero-order valence-corrected chi connectivity index (χ0v) is 9.69. The van der Waals surface area contributed by atoms with Crippen LogP contribution in [0.25, 0.3) is 0 Å². The maximum atomic E-state index is 11.7. The molecule has 1 N–H and O–H groups in total. The molecule has 0 bridgehead atoms. The molecule has 0 aromatic rings. The molecule has 1 amide bonds. The van der Waals surface area contributed by atoms with Crippen molar-refractivity contribution in [2.45, 2.75) is 37.8 Å². The molecule has 2 atom stereocenters. The van der Waals surface area contributed by atoms with Crippen LogP contribution in [-0.4, -0.2) is 39.7 Å². The second-order valence-electron chi connectivity index (χ2n) is 3.31. The minimum absolute atomic E-state index is 0.0626. The van der Waals surface area contributed by atoms with Gasteiger partial charge in [-0.2, -0.15) is 0 Å². The van der Waals surface area contributed by atoms with E-state index in [2.05, 4.69) is 0 Å². The van der Waals surface area contributed by atoms with E-state index >= 15 is 0 Å². The number of likely N-dealkylation sites (tertiary alicyclic amines) is 1. The number of hydrogen-bond donors (Lipinski definition) is 1. The van der Waals surface area contributed by atoms with Crippen LogP contribution in [-0.2, 0) is 4.79 Å². The molecule has 0 aromatic carbocycles. The summed E-state index contributed by atoms with van der Waals surface area (Å²) in [6, 6.07) is 0.0926. The van der Waals surface area contributed by atoms with E-state index in [4.69, 9.17) is 0 Å². The molecule has 1 heterocycles. The van der Waals surface area contributed by atoms with Crippen LogP contribution in [0.1, 0.15) is 20.3 Å². The van der Waals surface area contributed by atoms with E-state index in [9.17, 15) is 9.90 Å². The quantitative estimate of drug-likeness (QED) is 0.730. The minimum Gasteiger partial charge on any atom is -0.373 e. The molecule has 0 spiro atoms. The zero-order chi connectivity index (χ0) is 10.0. The van der Waals surface area contributed by atoms with E-state index in [1.165, 1.54) is 10.8 Å². The van der Waals surface area contributed by atoms with Gasteiger partial charge in [0.1, 0.15) is 6.23 Å². The molecule has 1 fully saturated rings. The third kappa shape index (κ3) is 2.33. The second kappa shape index (κ2) is 4.57. The molecule has 0 saturated carbocycles.